The van der Waals surface area contributed by atoms with Gasteiger partial charge in [-0.15, -0.1) is 0 Å². The number of piperazine rings is 1. The Morgan fingerprint density at radius 3 is 2.73 bits per heavy atom. The van der Waals surface area contributed by atoms with E-state index in [4.69, 9.17) is 4.74 Å². The molecule has 2 bridgehead atoms. The second-order valence-corrected chi connectivity index (χ2v) is 5.61. The molecule has 7 heteroatoms. The number of ether oxygens (including phenoxy) is 1. The molecule has 5 rings (SSSR count). The number of fused-ring (bicyclic) bond motifs is 2. The lowest BCUT2D eigenvalue weighted by Gasteiger charge is -2.57. The molecule has 22 heavy (non-hydrogen) atoms. The number of anilines is 2. The Morgan fingerprint density at radius 1 is 1.18 bits per heavy atom. The summed E-state index contributed by atoms with van der Waals surface area (Å²) < 4.78 is 18.4. The first-order chi connectivity index (χ1) is 10.7. The summed E-state index contributed by atoms with van der Waals surface area (Å²) in [6.07, 6.45) is 4.17. The molecule has 0 aliphatic carbocycles. The van der Waals surface area contributed by atoms with Crippen LogP contribution in [0.2, 0.25) is 0 Å². The number of halogens is 1. The Morgan fingerprint density at radius 2 is 2.00 bits per heavy atom. The van der Waals surface area contributed by atoms with Crippen molar-refractivity contribution in [3.05, 3.63) is 36.7 Å². The van der Waals surface area contributed by atoms with Gasteiger partial charge in [-0.3, -0.25) is 0 Å². The van der Waals surface area contributed by atoms with Crippen LogP contribution < -0.4 is 14.5 Å². The van der Waals surface area contributed by atoms with Crippen molar-refractivity contribution in [2.75, 3.05) is 30.0 Å². The zero-order chi connectivity index (χ0) is 15.1. The minimum atomic E-state index is -0.436. The third kappa shape index (κ3) is 2.13. The molecule has 0 spiro atoms. The highest BCUT2D eigenvalue weighted by molar-refractivity contribution is 5.54. The van der Waals surface area contributed by atoms with E-state index in [-0.39, 0.29) is 0 Å². The summed E-state index contributed by atoms with van der Waals surface area (Å²) in [6, 6.07) is 5.97. The lowest BCUT2D eigenvalue weighted by Crippen LogP contribution is -2.69. The average molecular weight is 301 g/mol. The number of aromatic nitrogens is 3. The summed E-state index contributed by atoms with van der Waals surface area (Å²) >= 11 is 0. The zero-order valence-corrected chi connectivity index (χ0v) is 12.2. The SMILES string of the molecule is COc1cc(N2C3CC2CN(c2ccnc(F)c2)C3)ncn1. The maximum Gasteiger partial charge on any atom is 0.218 e. The molecule has 2 aromatic rings. The van der Waals surface area contributed by atoms with Gasteiger partial charge in [0.1, 0.15) is 12.1 Å². The minimum absolute atomic E-state index is 0.384. The molecule has 114 valence electrons. The Hall–Kier alpha value is -2.44. The number of methoxy groups -OCH3 is 1. The van der Waals surface area contributed by atoms with Crippen molar-refractivity contribution in [2.24, 2.45) is 0 Å². The van der Waals surface area contributed by atoms with Gasteiger partial charge in [0, 0.05) is 37.1 Å². The van der Waals surface area contributed by atoms with Crippen molar-refractivity contribution in [1.29, 1.82) is 0 Å². The Kier molecular flexibility index (Phi) is 3.06. The van der Waals surface area contributed by atoms with Crippen molar-refractivity contribution < 1.29 is 9.13 Å². The fourth-order valence-corrected chi connectivity index (χ4v) is 3.37. The third-order valence-corrected chi connectivity index (χ3v) is 4.37. The summed E-state index contributed by atoms with van der Waals surface area (Å²) in [5.41, 5.74) is 0.891. The summed E-state index contributed by atoms with van der Waals surface area (Å²) in [7, 11) is 1.60. The molecule has 0 aromatic carbocycles. The van der Waals surface area contributed by atoms with Crippen LogP contribution in [-0.2, 0) is 0 Å². The monoisotopic (exact) mass is 301 g/mol. The normalized spacial score (nSPS) is 23.2. The van der Waals surface area contributed by atoms with Gasteiger partial charge in [-0.1, -0.05) is 0 Å². The molecule has 3 aliphatic heterocycles. The zero-order valence-electron chi connectivity index (χ0n) is 12.2. The molecule has 0 radical (unpaired) electrons. The average Bonchev–Trinajstić information content (AvgIpc) is 2.55. The van der Waals surface area contributed by atoms with Gasteiger partial charge in [-0.25, -0.2) is 15.0 Å². The van der Waals surface area contributed by atoms with Crippen molar-refractivity contribution in [3.8, 4) is 5.88 Å². The van der Waals surface area contributed by atoms with Gasteiger partial charge in [-0.2, -0.15) is 4.39 Å². The van der Waals surface area contributed by atoms with Crippen LogP contribution in [0.25, 0.3) is 0 Å². The molecule has 2 aromatic heterocycles. The number of hydrogen-bond acceptors (Lipinski definition) is 6. The van der Waals surface area contributed by atoms with E-state index in [2.05, 4.69) is 24.8 Å². The van der Waals surface area contributed by atoms with Gasteiger partial charge in [0.05, 0.1) is 19.2 Å². The third-order valence-electron chi connectivity index (χ3n) is 4.37. The van der Waals surface area contributed by atoms with E-state index in [0.29, 0.717) is 18.0 Å². The van der Waals surface area contributed by atoms with Crippen molar-refractivity contribution >= 4 is 11.5 Å². The van der Waals surface area contributed by atoms with E-state index >= 15 is 0 Å². The molecule has 3 aliphatic rings. The van der Waals surface area contributed by atoms with Gasteiger partial charge in [0.25, 0.3) is 0 Å². The molecular weight excluding hydrogens is 285 g/mol. The molecule has 0 saturated carbocycles. The first kappa shape index (κ1) is 13.2. The standard InChI is InChI=1S/C15H16FN5O/c1-22-15-6-14(18-9-19-15)21-11-4-12(21)8-20(7-11)10-2-3-17-13(16)5-10/h2-3,5-6,9,11-12H,4,7-8H2,1H3. The first-order valence-corrected chi connectivity index (χ1v) is 7.25. The summed E-state index contributed by atoms with van der Waals surface area (Å²) in [6.45, 7) is 1.71. The molecule has 3 fully saturated rings. The van der Waals surface area contributed by atoms with E-state index in [9.17, 15) is 4.39 Å². The van der Waals surface area contributed by atoms with Crippen LogP contribution in [0.5, 0.6) is 5.88 Å². The fourth-order valence-electron chi connectivity index (χ4n) is 3.37. The highest BCUT2D eigenvalue weighted by atomic mass is 19.1. The highest BCUT2D eigenvalue weighted by Crippen LogP contribution is 2.38. The second kappa shape index (κ2) is 5.08. The molecule has 5 heterocycles. The predicted octanol–water partition coefficient (Wildman–Crippen LogP) is 1.49. The van der Waals surface area contributed by atoms with Gasteiger partial charge in [0.2, 0.25) is 11.8 Å². The fraction of sp³-hybridized carbons (Fsp3) is 0.400. The number of nitrogens with zero attached hydrogens (tertiary/aromatic N) is 5. The van der Waals surface area contributed by atoms with E-state index < -0.39 is 5.95 Å². The quantitative estimate of drug-likeness (QED) is 0.801. The molecular formula is C15H16FN5O. The van der Waals surface area contributed by atoms with Crippen LogP contribution in [0.4, 0.5) is 15.9 Å². The second-order valence-electron chi connectivity index (χ2n) is 5.61. The summed E-state index contributed by atoms with van der Waals surface area (Å²) in [4.78, 5) is 16.5. The molecule has 0 amide bonds. The topological polar surface area (TPSA) is 54.4 Å². The lowest BCUT2D eigenvalue weighted by atomic mass is 9.87. The molecule has 6 nitrogen and oxygen atoms in total. The number of hydrogen-bond donors (Lipinski definition) is 0. The van der Waals surface area contributed by atoms with Crippen molar-refractivity contribution in [2.45, 2.75) is 18.5 Å². The van der Waals surface area contributed by atoms with Crippen LogP contribution >= 0.6 is 0 Å². The predicted molar refractivity (Wildman–Crippen MR) is 79.7 cm³/mol. The van der Waals surface area contributed by atoms with E-state index in [0.717, 1.165) is 31.0 Å². The molecule has 0 N–H and O–H groups in total. The van der Waals surface area contributed by atoms with E-state index in [1.165, 1.54) is 18.6 Å². The smallest absolute Gasteiger partial charge is 0.218 e. The van der Waals surface area contributed by atoms with Crippen LogP contribution in [0.3, 0.4) is 0 Å². The van der Waals surface area contributed by atoms with Gasteiger partial charge >= 0.3 is 0 Å². The highest BCUT2D eigenvalue weighted by Gasteiger charge is 2.45. The first-order valence-electron chi connectivity index (χ1n) is 7.25. The maximum atomic E-state index is 13.3. The minimum Gasteiger partial charge on any atom is -0.481 e. The van der Waals surface area contributed by atoms with Gasteiger partial charge in [0.15, 0.2) is 0 Å². The Balaban J connectivity index is 1.53. The molecule has 2 unspecified atom stereocenters. The lowest BCUT2D eigenvalue weighted by molar-refractivity contribution is 0.288. The number of rotatable bonds is 3. The molecule has 2 atom stereocenters. The van der Waals surface area contributed by atoms with Crippen LogP contribution in [0.1, 0.15) is 6.42 Å². The number of piperidine rings is 1. The van der Waals surface area contributed by atoms with Crippen LogP contribution in [-0.4, -0.2) is 47.2 Å². The maximum absolute atomic E-state index is 13.3. The van der Waals surface area contributed by atoms with E-state index in [1.807, 2.05) is 12.1 Å². The largest absolute Gasteiger partial charge is 0.481 e. The molecule has 3 saturated heterocycles. The summed E-state index contributed by atoms with van der Waals surface area (Å²) in [5.74, 6) is 1.03. The van der Waals surface area contributed by atoms with Gasteiger partial charge in [-0.05, 0) is 12.5 Å². The van der Waals surface area contributed by atoms with Crippen molar-refractivity contribution in [3.63, 3.8) is 0 Å². The van der Waals surface area contributed by atoms with E-state index in [1.54, 1.807) is 7.11 Å². The van der Waals surface area contributed by atoms with Crippen molar-refractivity contribution in [1.82, 2.24) is 15.0 Å². The Bertz CT molecular complexity index is 685. The summed E-state index contributed by atoms with van der Waals surface area (Å²) in [5, 5.41) is 0. The Labute approximate surface area is 127 Å². The number of pyridine rings is 1. The van der Waals surface area contributed by atoms with Gasteiger partial charge < -0.3 is 14.5 Å². The van der Waals surface area contributed by atoms with Crippen LogP contribution in [0.15, 0.2) is 30.7 Å². The van der Waals surface area contributed by atoms with Crippen LogP contribution in [0, 0.1) is 5.95 Å².